The highest BCUT2D eigenvalue weighted by molar-refractivity contribution is 6.29. The standard InChI is InChI=1S/C9H17N.C7H12ClN3.C6H10O2.C2H6/c1-9-5-3-4-8(9)6-10(2)7-9;8-6(9)3-5(7(10)11)4-1-2-4;7-5-6-1-3-8-4-2-6;1-2/h8H,3-7H2,1-2H3;3-4H,1-2,9-11H2;5-6H,1-4H2;1-2H3/b;6-3-;;/t8-,9+;;;/m1.../s1. The molecular weight excluding hydrogens is 412 g/mol. The van der Waals surface area contributed by atoms with E-state index in [0.29, 0.717) is 17.2 Å². The van der Waals surface area contributed by atoms with Crippen LogP contribution in [0.5, 0.6) is 0 Å². The zero-order chi connectivity index (χ0) is 23.4. The van der Waals surface area contributed by atoms with Crippen molar-refractivity contribution >= 4 is 17.9 Å². The number of hydrogen-bond donors (Lipinski definition) is 3. The van der Waals surface area contributed by atoms with Gasteiger partial charge in [0.25, 0.3) is 0 Å². The van der Waals surface area contributed by atoms with Gasteiger partial charge in [-0.25, -0.2) is 0 Å². The zero-order valence-electron chi connectivity index (χ0n) is 20.0. The van der Waals surface area contributed by atoms with Gasteiger partial charge in [-0.1, -0.05) is 38.8 Å². The van der Waals surface area contributed by atoms with E-state index < -0.39 is 0 Å². The summed E-state index contributed by atoms with van der Waals surface area (Å²) in [4.78, 5) is 12.6. The summed E-state index contributed by atoms with van der Waals surface area (Å²) in [7, 11) is 2.25. The number of carbonyl (C=O) groups excluding carboxylic acids is 1. The molecule has 0 aromatic carbocycles. The molecule has 6 nitrogen and oxygen atoms in total. The number of aldehydes is 1. The van der Waals surface area contributed by atoms with E-state index in [9.17, 15) is 4.79 Å². The Morgan fingerprint density at radius 3 is 2.13 bits per heavy atom. The van der Waals surface area contributed by atoms with Crippen LogP contribution in [-0.2, 0) is 9.53 Å². The van der Waals surface area contributed by atoms with Gasteiger partial charge in [0, 0.05) is 32.2 Å². The van der Waals surface area contributed by atoms with Gasteiger partial charge in [0.05, 0.1) is 11.0 Å². The second kappa shape index (κ2) is 14.0. The predicted octanol–water partition coefficient (Wildman–Crippen LogP) is 3.94. The molecular formula is C24H45ClN4O2. The molecule has 2 atom stereocenters. The fourth-order valence-corrected chi connectivity index (χ4v) is 4.83. The van der Waals surface area contributed by atoms with Gasteiger partial charge in [0.15, 0.2) is 0 Å². The maximum Gasteiger partial charge on any atom is 0.123 e. The first-order valence-corrected chi connectivity index (χ1v) is 12.2. The third-order valence-corrected chi connectivity index (χ3v) is 6.66. The average molecular weight is 457 g/mol. The molecule has 2 saturated heterocycles. The quantitative estimate of drug-likeness (QED) is 0.337. The van der Waals surface area contributed by atoms with Crippen LogP contribution in [0.15, 0.2) is 22.6 Å². The van der Waals surface area contributed by atoms with E-state index in [1.807, 2.05) is 13.8 Å². The summed E-state index contributed by atoms with van der Waals surface area (Å²) in [5, 5.41) is 0.236. The molecule has 0 aromatic rings. The van der Waals surface area contributed by atoms with Crippen molar-refractivity contribution in [3.05, 3.63) is 22.6 Å². The minimum atomic E-state index is 0.236. The van der Waals surface area contributed by atoms with Gasteiger partial charge in [0.2, 0.25) is 0 Å². The second-order valence-electron chi connectivity index (χ2n) is 9.24. The summed E-state index contributed by atoms with van der Waals surface area (Å²) in [5.41, 5.74) is 17.7. The van der Waals surface area contributed by atoms with Gasteiger partial charge in [-0.05, 0) is 74.5 Å². The Morgan fingerprint density at radius 2 is 1.71 bits per heavy atom. The Kier molecular flexibility index (Phi) is 12.6. The van der Waals surface area contributed by atoms with Gasteiger partial charge in [0.1, 0.15) is 6.29 Å². The van der Waals surface area contributed by atoms with Crippen LogP contribution in [0.25, 0.3) is 0 Å². The highest BCUT2D eigenvalue weighted by Gasteiger charge is 2.44. The lowest BCUT2D eigenvalue weighted by Crippen LogP contribution is -2.21. The monoisotopic (exact) mass is 456 g/mol. The van der Waals surface area contributed by atoms with Crippen LogP contribution in [0.1, 0.15) is 65.7 Å². The highest BCUT2D eigenvalue weighted by Crippen LogP contribution is 2.47. The molecule has 6 N–H and O–H groups in total. The molecule has 0 amide bonds. The van der Waals surface area contributed by atoms with Crippen molar-refractivity contribution in [2.75, 3.05) is 33.4 Å². The molecule has 4 rings (SSSR count). The van der Waals surface area contributed by atoms with Crippen molar-refractivity contribution in [1.82, 2.24) is 4.90 Å². The summed E-state index contributed by atoms with van der Waals surface area (Å²) in [6.45, 7) is 10.7. The Hall–Kier alpha value is -1.24. The Balaban J connectivity index is 0.000000226. The first kappa shape index (κ1) is 27.8. The van der Waals surface area contributed by atoms with E-state index in [-0.39, 0.29) is 11.1 Å². The van der Waals surface area contributed by atoms with Gasteiger partial charge in [-0.2, -0.15) is 0 Å². The Bertz CT molecular complexity index is 592. The number of allylic oxidation sites excluding steroid dienone is 2. The van der Waals surface area contributed by atoms with E-state index in [2.05, 4.69) is 18.9 Å². The first-order valence-electron chi connectivity index (χ1n) is 11.8. The normalized spacial score (nSPS) is 28.0. The van der Waals surface area contributed by atoms with Crippen LogP contribution in [0.3, 0.4) is 0 Å². The van der Waals surface area contributed by atoms with Crippen LogP contribution in [0.4, 0.5) is 0 Å². The molecule has 180 valence electrons. The molecule has 2 aliphatic carbocycles. The number of carbonyl (C=O) groups is 1. The molecule has 7 heteroatoms. The van der Waals surface area contributed by atoms with E-state index in [1.165, 1.54) is 32.4 Å². The molecule has 4 fully saturated rings. The summed E-state index contributed by atoms with van der Waals surface area (Å²) < 4.78 is 5.04. The van der Waals surface area contributed by atoms with Crippen LogP contribution >= 0.6 is 11.6 Å². The summed E-state index contributed by atoms with van der Waals surface area (Å²) in [5.74, 6) is 2.12. The van der Waals surface area contributed by atoms with Gasteiger partial charge in [-0.15, -0.1) is 0 Å². The van der Waals surface area contributed by atoms with E-state index in [1.54, 1.807) is 6.08 Å². The van der Waals surface area contributed by atoms with E-state index in [0.717, 1.165) is 56.7 Å². The third-order valence-electron chi connectivity index (χ3n) is 6.55. The van der Waals surface area contributed by atoms with Crippen LogP contribution in [-0.4, -0.2) is 44.5 Å². The van der Waals surface area contributed by atoms with Crippen LogP contribution in [0.2, 0.25) is 0 Å². The van der Waals surface area contributed by atoms with E-state index in [4.69, 9.17) is 33.5 Å². The largest absolute Gasteiger partial charge is 0.389 e. The van der Waals surface area contributed by atoms with Crippen molar-refractivity contribution in [3.8, 4) is 0 Å². The number of hydrogen-bond acceptors (Lipinski definition) is 6. The number of nitrogens with zero attached hydrogens (tertiary/aromatic N) is 1. The SMILES string of the molecule is CC.CN1C[C@H]2CCC[C@@]2(C)C1.NC(N)=C(/C=C(\N)Cl)C1CC1.O=CC1CCOCC1. The smallest absolute Gasteiger partial charge is 0.123 e. The van der Waals surface area contributed by atoms with Crippen molar-refractivity contribution in [1.29, 1.82) is 0 Å². The average Bonchev–Trinajstić information content (AvgIpc) is 3.46. The van der Waals surface area contributed by atoms with Crippen molar-refractivity contribution < 1.29 is 9.53 Å². The molecule has 0 spiro atoms. The van der Waals surface area contributed by atoms with Crippen molar-refractivity contribution in [2.45, 2.75) is 65.7 Å². The molecule has 2 saturated carbocycles. The summed E-state index contributed by atoms with van der Waals surface area (Å²) in [6.07, 6.45) is 11.2. The number of ether oxygens (including phenoxy) is 1. The molecule has 2 heterocycles. The number of halogens is 1. The molecule has 0 bridgehead atoms. The fourth-order valence-electron chi connectivity index (χ4n) is 4.71. The number of rotatable bonds is 3. The molecule has 4 aliphatic rings. The summed E-state index contributed by atoms with van der Waals surface area (Å²) in [6, 6.07) is 0. The summed E-state index contributed by atoms with van der Waals surface area (Å²) >= 11 is 5.48. The Morgan fingerprint density at radius 1 is 1.10 bits per heavy atom. The minimum Gasteiger partial charge on any atom is -0.389 e. The first-order chi connectivity index (χ1) is 14.7. The fraction of sp³-hybridized carbons (Fsp3) is 0.792. The molecule has 2 aliphatic heterocycles. The van der Waals surface area contributed by atoms with Gasteiger partial charge < -0.3 is 31.6 Å². The maximum absolute atomic E-state index is 10.1. The molecule has 31 heavy (non-hydrogen) atoms. The molecule has 0 radical (unpaired) electrons. The van der Waals surface area contributed by atoms with Crippen LogP contribution in [0, 0.1) is 23.2 Å². The van der Waals surface area contributed by atoms with E-state index >= 15 is 0 Å². The molecule has 0 unspecified atom stereocenters. The lowest BCUT2D eigenvalue weighted by Gasteiger charge is -2.21. The lowest BCUT2D eigenvalue weighted by atomic mass is 9.83. The maximum atomic E-state index is 10.1. The topological polar surface area (TPSA) is 108 Å². The van der Waals surface area contributed by atoms with Crippen molar-refractivity contribution in [2.24, 2.45) is 40.4 Å². The Labute approximate surface area is 194 Å². The predicted molar refractivity (Wildman–Crippen MR) is 130 cm³/mol. The third kappa shape index (κ3) is 9.84. The lowest BCUT2D eigenvalue weighted by molar-refractivity contribution is -0.113. The van der Waals surface area contributed by atoms with Crippen molar-refractivity contribution in [3.63, 3.8) is 0 Å². The van der Waals surface area contributed by atoms with Gasteiger partial charge in [-0.3, -0.25) is 0 Å². The van der Waals surface area contributed by atoms with Crippen LogP contribution < -0.4 is 17.2 Å². The second-order valence-corrected chi connectivity index (χ2v) is 9.68. The van der Waals surface area contributed by atoms with Gasteiger partial charge >= 0.3 is 0 Å². The zero-order valence-corrected chi connectivity index (χ0v) is 20.8. The number of likely N-dealkylation sites (tertiary alicyclic amines) is 1. The number of nitrogens with two attached hydrogens (primary N) is 3. The molecule has 0 aromatic heterocycles. The minimum absolute atomic E-state index is 0.236. The highest BCUT2D eigenvalue weighted by atomic mass is 35.5. The number of fused-ring (bicyclic) bond motifs is 1.